The zero-order chi connectivity index (χ0) is 21.8. The van der Waals surface area contributed by atoms with Crippen LogP contribution in [0.15, 0.2) is 46.7 Å². The molecule has 7 nitrogen and oxygen atoms in total. The van der Waals surface area contributed by atoms with E-state index in [0.717, 1.165) is 18.4 Å². The Kier molecular flexibility index (Phi) is 6.64. The number of allylic oxidation sites excluding steroid dienone is 1. The molecular formula is C18H15F3N2O5S. The standard InChI is InChI=1S/C18H15F3N2O5S/c1-27-10-5-3-9(4-6-10)13-7-12(14(29-13)16(22)25)23-8-11(17(26)28-2)15(24)18(19,20)21/h3-8,24H,1-2H3,(H2,22,25). The molecule has 29 heavy (non-hydrogen) atoms. The van der Waals surface area contributed by atoms with Crippen LogP contribution in [0.4, 0.5) is 18.9 Å². The summed E-state index contributed by atoms with van der Waals surface area (Å²) in [4.78, 5) is 27.6. The molecule has 0 radical (unpaired) electrons. The lowest BCUT2D eigenvalue weighted by atomic mass is 10.2. The van der Waals surface area contributed by atoms with E-state index in [4.69, 9.17) is 10.5 Å². The largest absolute Gasteiger partial charge is 0.504 e. The Balaban J connectivity index is 2.51. The highest BCUT2D eigenvalue weighted by Crippen LogP contribution is 2.37. The van der Waals surface area contributed by atoms with E-state index in [2.05, 4.69) is 9.73 Å². The van der Waals surface area contributed by atoms with Crippen LogP contribution < -0.4 is 10.5 Å². The fourth-order valence-corrected chi connectivity index (χ4v) is 3.12. The molecule has 0 saturated carbocycles. The highest BCUT2D eigenvalue weighted by Gasteiger charge is 2.38. The average Bonchev–Trinajstić information content (AvgIpc) is 3.11. The van der Waals surface area contributed by atoms with Gasteiger partial charge < -0.3 is 20.3 Å². The predicted octanol–water partition coefficient (Wildman–Crippen LogP) is 3.77. The van der Waals surface area contributed by atoms with Gasteiger partial charge in [-0.3, -0.25) is 9.79 Å². The molecule has 154 valence electrons. The lowest BCUT2D eigenvalue weighted by molar-refractivity contribution is -0.139. The molecule has 0 aliphatic rings. The number of hydrogen-bond donors (Lipinski definition) is 2. The van der Waals surface area contributed by atoms with Crippen molar-refractivity contribution < 1.29 is 37.3 Å². The van der Waals surface area contributed by atoms with Crippen molar-refractivity contribution in [3.05, 3.63) is 46.5 Å². The van der Waals surface area contributed by atoms with E-state index in [1.807, 2.05) is 0 Å². The number of methoxy groups -OCH3 is 2. The molecule has 3 N–H and O–H groups in total. The molecule has 0 bridgehead atoms. The monoisotopic (exact) mass is 428 g/mol. The number of amides is 1. The molecule has 0 unspecified atom stereocenters. The number of aliphatic imine (C=N–C) groups is 1. The molecule has 11 heteroatoms. The van der Waals surface area contributed by atoms with Gasteiger partial charge in [0.1, 0.15) is 16.2 Å². The molecule has 2 aromatic rings. The molecule has 0 spiro atoms. The lowest BCUT2D eigenvalue weighted by Crippen LogP contribution is -2.19. The normalized spacial score (nSPS) is 12.6. The maximum Gasteiger partial charge on any atom is 0.449 e. The number of esters is 1. The maximum absolute atomic E-state index is 12.8. The number of hydrogen-bond acceptors (Lipinski definition) is 7. The number of nitrogens with two attached hydrogens (primary N) is 1. The minimum atomic E-state index is -5.19. The number of nitrogens with zero attached hydrogens (tertiary/aromatic N) is 1. The van der Waals surface area contributed by atoms with E-state index in [0.29, 0.717) is 22.4 Å². The number of primary amides is 1. The summed E-state index contributed by atoms with van der Waals surface area (Å²) < 4.78 is 47.6. The van der Waals surface area contributed by atoms with E-state index in [-0.39, 0.29) is 10.6 Å². The van der Waals surface area contributed by atoms with Crippen LogP contribution >= 0.6 is 11.3 Å². The summed E-state index contributed by atoms with van der Waals surface area (Å²) in [7, 11) is 2.35. The molecule has 1 aromatic heterocycles. The zero-order valence-corrected chi connectivity index (χ0v) is 15.9. The van der Waals surface area contributed by atoms with E-state index in [1.165, 1.54) is 13.2 Å². The molecule has 1 heterocycles. The number of carbonyl (C=O) groups is 2. The average molecular weight is 428 g/mol. The van der Waals surface area contributed by atoms with Gasteiger partial charge in [0.05, 0.1) is 19.9 Å². The molecule has 0 fully saturated rings. The second-order valence-corrected chi connectivity index (χ2v) is 6.48. The van der Waals surface area contributed by atoms with Gasteiger partial charge in [0.25, 0.3) is 5.91 Å². The van der Waals surface area contributed by atoms with Crippen LogP contribution in [0.25, 0.3) is 10.4 Å². The first-order valence-corrected chi connectivity index (χ1v) is 8.61. The highest BCUT2D eigenvalue weighted by atomic mass is 32.1. The van der Waals surface area contributed by atoms with Crippen LogP contribution in [0.2, 0.25) is 0 Å². The third-order valence-corrected chi connectivity index (χ3v) is 4.76. The van der Waals surface area contributed by atoms with Gasteiger partial charge >= 0.3 is 12.1 Å². The number of alkyl halides is 3. The Bertz CT molecular complexity index is 978. The van der Waals surface area contributed by atoms with Crippen LogP contribution in [0, 0.1) is 0 Å². The van der Waals surface area contributed by atoms with Gasteiger partial charge in [0.15, 0.2) is 0 Å². The van der Waals surface area contributed by atoms with Crippen LogP contribution in [0.3, 0.4) is 0 Å². The van der Waals surface area contributed by atoms with Crippen molar-refractivity contribution in [3.63, 3.8) is 0 Å². The van der Waals surface area contributed by atoms with Gasteiger partial charge in [-0.2, -0.15) is 13.2 Å². The summed E-state index contributed by atoms with van der Waals surface area (Å²) in [5.41, 5.74) is 4.72. The van der Waals surface area contributed by atoms with Crippen molar-refractivity contribution in [2.45, 2.75) is 6.18 Å². The Morgan fingerprint density at radius 1 is 1.21 bits per heavy atom. The molecule has 1 amide bonds. The number of aliphatic hydroxyl groups excluding tert-OH is 1. The first kappa shape index (κ1) is 22.0. The van der Waals surface area contributed by atoms with Crippen molar-refractivity contribution in [2.75, 3.05) is 14.2 Å². The lowest BCUT2D eigenvalue weighted by Gasteiger charge is -2.08. The van der Waals surface area contributed by atoms with E-state index < -0.39 is 29.4 Å². The van der Waals surface area contributed by atoms with Crippen molar-refractivity contribution in [2.24, 2.45) is 10.7 Å². The van der Waals surface area contributed by atoms with Crippen molar-refractivity contribution in [1.82, 2.24) is 0 Å². The maximum atomic E-state index is 12.8. The van der Waals surface area contributed by atoms with Gasteiger partial charge in [-0.25, -0.2) is 4.79 Å². The first-order chi connectivity index (χ1) is 13.6. The minimum absolute atomic E-state index is 0.0391. The summed E-state index contributed by atoms with van der Waals surface area (Å²) in [5.74, 6) is -3.87. The Morgan fingerprint density at radius 3 is 2.31 bits per heavy atom. The van der Waals surface area contributed by atoms with Crippen LogP contribution in [0.1, 0.15) is 9.67 Å². The molecule has 2 rings (SSSR count). The molecule has 0 aliphatic carbocycles. The van der Waals surface area contributed by atoms with Crippen LogP contribution in [-0.4, -0.2) is 43.6 Å². The van der Waals surface area contributed by atoms with Crippen LogP contribution in [-0.2, 0) is 9.53 Å². The second kappa shape index (κ2) is 8.78. The molecular weight excluding hydrogens is 413 g/mol. The second-order valence-electron chi connectivity index (χ2n) is 5.43. The fourth-order valence-electron chi connectivity index (χ4n) is 2.16. The first-order valence-electron chi connectivity index (χ1n) is 7.79. The van der Waals surface area contributed by atoms with Gasteiger partial charge in [0, 0.05) is 11.1 Å². The van der Waals surface area contributed by atoms with Gasteiger partial charge in [-0.05, 0) is 35.9 Å². The topological polar surface area (TPSA) is 111 Å². The fraction of sp³-hybridized carbons (Fsp3) is 0.167. The number of rotatable bonds is 6. The van der Waals surface area contributed by atoms with Crippen molar-refractivity contribution in [3.8, 4) is 16.2 Å². The smallest absolute Gasteiger partial charge is 0.449 e. The highest BCUT2D eigenvalue weighted by molar-refractivity contribution is 7.18. The predicted molar refractivity (Wildman–Crippen MR) is 101 cm³/mol. The van der Waals surface area contributed by atoms with E-state index >= 15 is 0 Å². The van der Waals surface area contributed by atoms with Gasteiger partial charge in [0.2, 0.25) is 5.76 Å². The van der Waals surface area contributed by atoms with E-state index in [1.54, 1.807) is 24.3 Å². The summed E-state index contributed by atoms with van der Waals surface area (Å²) in [6.45, 7) is 0. The summed E-state index contributed by atoms with van der Waals surface area (Å²) in [5, 5.41) is 9.30. The quantitative estimate of drug-likeness (QED) is 0.315. The number of thiophene rings is 1. The van der Waals surface area contributed by atoms with Crippen LogP contribution in [0.5, 0.6) is 5.75 Å². The minimum Gasteiger partial charge on any atom is -0.504 e. The number of halogens is 3. The third kappa shape index (κ3) is 5.13. The number of carbonyl (C=O) groups excluding carboxylic acids is 2. The Labute approximate surface area is 166 Å². The molecule has 0 aliphatic heterocycles. The number of ether oxygens (including phenoxy) is 2. The van der Waals surface area contributed by atoms with Gasteiger partial charge in [-0.15, -0.1) is 11.3 Å². The third-order valence-electron chi connectivity index (χ3n) is 3.57. The van der Waals surface area contributed by atoms with Gasteiger partial charge in [-0.1, -0.05) is 0 Å². The van der Waals surface area contributed by atoms with Crippen molar-refractivity contribution in [1.29, 1.82) is 0 Å². The number of benzene rings is 1. The van der Waals surface area contributed by atoms with E-state index in [9.17, 15) is 27.9 Å². The Hall–Kier alpha value is -3.34. The molecule has 0 atom stereocenters. The summed E-state index contributed by atoms with van der Waals surface area (Å²) >= 11 is 0.968. The molecule has 0 saturated heterocycles. The summed E-state index contributed by atoms with van der Waals surface area (Å²) in [6, 6.07) is 8.20. The zero-order valence-electron chi connectivity index (χ0n) is 15.1. The number of aliphatic hydroxyl groups is 1. The Morgan fingerprint density at radius 2 is 1.83 bits per heavy atom. The van der Waals surface area contributed by atoms with Crippen molar-refractivity contribution >= 4 is 35.1 Å². The summed E-state index contributed by atoms with van der Waals surface area (Å²) in [6.07, 6.45) is -4.72. The SMILES string of the molecule is COC(=O)C(C=Nc1cc(-c2ccc(OC)cc2)sc1C(N)=O)=C(O)C(F)(F)F. The molecule has 1 aromatic carbocycles.